The number of carbonyl (C=O) groups excluding carboxylic acids is 1. The summed E-state index contributed by atoms with van der Waals surface area (Å²) in [5, 5.41) is 5.89. The van der Waals surface area contributed by atoms with Crippen molar-refractivity contribution in [2.45, 2.75) is 31.8 Å². The highest BCUT2D eigenvalue weighted by Crippen LogP contribution is 2.26. The second-order valence-corrected chi connectivity index (χ2v) is 5.14. The van der Waals surface area contributed by atoms with Gasteiger partial charge in [0.1, 0.15) is 5.82 Å². The molecule has 5 heteroatoms. The molecule has 0 aromatic carbocycles. The van der Waals surface area contributed by atoms with Gasteiger partial charge in [-0.25, -0.2) is 4.98 Å². The first-order chi connectivity index (χ1) is 9.11. The molecule has 1 saturated carbocycles. The third kappa shape index (κ3) is 3.67. The molecule has 2 N–H and O–H groups in total. The Hall–Kier alpha value is -1.62. The molecule has 0 saturated heterocycles. The standard InChI is InChI=1S/C14H22N4O/c1-10(18(3)12-5-6-12)8-17-14(19)11-4-7-13(15-2)16-9-11/h4,7,9-10,12H,5-6,8H2,1-3H3,(H,15,16)(H,17,19). The van der Waals surface area contributed by atoms with E-state index < -0.39 is 0 Å². The quantitative estimate of drug-likeness (QED) is 0.812. The number of nitrogens with zero attached hydrogens (tertiary/aromatic N) is 2. The molecule has 0 spiro atoms. The van der Waals surface area contributed by atoms with Crippen LogP contribution in [0.1, 0.15) is 30.1 Å². The summed E-state index contributed by atoms with van der Waals surface area (Å²) in [5.41, 5.74) is 0.597. The van der Waals surface area contributed by atoms with E-state index in [1.165, 1.54) is 12.8 Å². The molecule has 1 aromatic heterocycles. The third-order valence-corrected chi connectivity index (χ3v) is 3.66. The Balaban J connectivity index is 1.82. The average molecular weight is 262 g/mol. The van der Waals surface area contributed by atoms with Crippen LogP contribution in [0.5, 0.6) is 0 Å². The number of rotatable bonds is 6. The van der Waals surface area contributed by atoms with Gasteiger partial charge >= 0.3 is 0 Å². The Labute approximate surface area is 114 Å². The Morgan fingerprint density at radius 2 is 2.26 bits per heavy atom. The number of pyridine rings is 1. The smallest absolute Gasteiger partial charge is 0.252 e. The molecule has 0 bridgehead atoms. The normalized spacial score (nSPS) is 16.2. The van der Waals surface area contributed by atoms with Gasteiger partial charge in [0.2, 0.25) is 0 Å². The topological polar surface area (TPSA) is 57.3 Å². The lowest BCUT2D eigenvalue weighted by Crippen LogP contribution is -2.41. The van der Waals surface area contributed by atoms with Crippen LogP contribution < -0.4 is 10.6 Å². The largest absolute Gasteiger partial charge is 0.373 e. The highest BCUT2D eigenvalue weighted by Gasteiger charge is 2.29. The number of aromatic nitrogens is 1. The molecule has 5 nitrogen and oxygen atoms in total. The van der Waals surface area contributed by atoms with E-state index in [0.717, 1.165) is 5.82 Å². The zero-order valence-corrected chi connectivity index (χ0v) is 11.8. The first kappa shape index (κ1) is 13.8. The zero-order chi connectivity index (χ0) is 13.8. The monoisotopic (exact) mass is 262 g/mol. The first-order valence-electron chi connectivity index (χ1n) is 6.75. The van der Waals surface area contributed by atoms with Gasteiger partial charge in [-0.3, -0.25) is 9.69 Å². The Kier molecular flexibility index (Phi) is 4.37. The lowest BCUT2D eigenvalue weighted by molar-refractivity contribution is 0.0939. The molecule has 1 aliphatic rings. The maximum absolute atomic E-state index is 12.0. The number of hydrogen-bond acceptors (Lipinski definition) is 4. The van der Waals surface area contributed by atoms with Crippen molar-refractivity contribution in [3.63, 3.8) is 0 Å². The van der Waals surface area contributed by atoms with Gasteiger partial charge in [-0.15, -0.1) is 0 Å². The van der Waals surface area contributed by atoms with Crippen molar-refractivity contribution >= 4 is 11.7 Å². The van der Waals surface area contributed by atoms with Crippen molar-refractivity contribution in [3.8, 4) is 0 Å². The third-order valence-electron chi connectivity index (χ3n) is 3.66. The molecule has 1 aliphatic carbocycles. The summed E-state index contributed by atoms with van der Waals surface area (Å²) in [6.07, 6.45) is 4.16. The predicted octanol–water partition coefficient (Wildman–Crippen LogP) is 1.34. The van der Waals surface area contributed by atoms with Crippen molar-refractivity contribution in [3.05, 3.63) is 23.9 Å². The average Bonchev–Trinajstić information content (AvgIpc) is 3.28. The van der Waals surface area contributed by atoms with Gasteiger partial charge in [0.15, 0.2) is 0 Å². The highest BCUT2D eigenvalue weighted by molar-refractivity contribution is 5.94. The van der Waals surface area contributed by atoms with Crippen LogP contribution in [0, 0.1) is 0 Å². The minimum absolute atomic E-state index is 0.0637. The van der Waals surface area contributed by atoms with Crippen LogP contribution in [0.4, 0.5) is 5.82 Å². The molecule has 1 amide bonds. The van der Waals surface area contributed by atoms with Crippen LogP contribution in [0.15, 0.2) is 18.3 Å². The fourth-order valence-corrected chi connectivity index (χ4v) is 2.00. The molecule has 0 radical (unpaired) electrons. The van der Waals surface area contributed by atoms with E-state index in [4.69, 9.17) is 0 Å². The summed E-state index contributed by atoms with van der Waals surface area (Å²) in [6.45, 7) is 2.81. The van der Waals surface area contributed by atoms with E-state index in [0.29, 0.717) is 24.2 Å². The SMILES string of the molecule is CNc1ccc(C(=O)NCC(C)N(C)C2CC2)cn1. The minimum atomic E-state index is -0.0637. The Morgan fingerprint density at radius 1 is 1.53 bits per heavy atom. The summed E-state index contributed by atoms with van der Waals surface area (Å²) >= 11 is 0. The maximum atomic E-state index is 12.0. The molecular weight excluding hydrogens is 240 g/mol. The molecule has 1 fully saturated rings. The van der Waals surface area contributed by atoms with Crippen LogP contribution in [0.25, 0.3) is 0 Å². The van der Waals surface area contributed by atoms with Gasteiger partial charge in [0.25, 0.3) is 5.91 Å². The lowest BCUT2D eigenvalue weighted by Gasteiger charge is -2.24. The fourth-order valence-electron chi connectivity index (χ4n) is 2.00. The number of nitrogens with one attached hydrogen (secondary N) is 2. The molecule has 1 aromatic rings. The van der Waals surface area contributed by atoms with Crippen molar-refractivity contribution in [2.24, 2.45) is 0 Å². The van der Waals surface area contributed by atoms with Gasteiger partial charge in [-0.05, 0) is 38.9 Å². The van der Waals surface area contributed by atoms with Crippen molar-refractivity contribution in [1.82, 2.24) is 15.2 Å². The second-order valence-electron chi connectivity index (χ2n) is 5.14. The van der Waals surface area contributed by atoms with Gasteiger partial charge in [0, 0.05) is 31.9 Å². The number of carbonyl (C=O) groups is 1. The van der Waals surface area contributed by atoms with Gasteiger partial charge in [0.05, 0.1) is 5.56 Å². The lowest BCUT2D eigenvalue weighted by atomic mass is 10.2. The van der Waals surface area contributed by atoms with Gasteiger partial charge in [-0.2, -0.15) is 0 Å². The molecule has 1 unspecified atom stereocenters. The highest BCUT2D eigenvalue weighted by atomic mass is 16.1. The maximum Gasteiger partial charge on any atom is 0.252 e. The molecular formula is C14H22N4O. The van der Waals surface area contributed by atoms with Crippen LogP contribution in [0.3, 0.4) is 0 Å². The van der Waals surface area contributed by atoms with Gasteiger partial charge < -0.3 is 10.6 Å². The first-order valence-corrected chi connectivity index (χ1v) is 6.75. The summed E-state index contributed by atoms with van der Waals surface area (Å²) < 4.78 is 0. The van der Waals surface area contributed by atoms with Gasteiger partial charge in [-0.1, -0.05) is 0 Å². The van der Waals surface area contributed by atoms with E-state index >= 15 is 0 Å². The number of amides is 1. The van der Waals surface area contributed by atoms with E-state index in [1.807, 2.05) is 0 Å². The summed E-state index contributed by atoms with van der Waals surface area (Å²) in [6, 6.07) is 4.66. The molecule has 1 heterocycles. The molecule has 0 aliphatic heterocycles. The number of anilines is 1. The predicted molar refractivity (Wildman–Crippen MR) is 76.4 cm³/mol. The van der Waals surface area contributed by atoms with E-state index in [9.17, 15) is 4.79 Å². The van der Waals surface area contributed by atoms with Crippen molar-refractivity contribution in [1.29, 1.82) is 0 Å². The second kappa shape index (κ2) is 6.02. The number of likely N-dealkylation sites (N-methyl/N-ethyl adjacent to an activating group) is 1. The summed E-state index contributed by atoms with van der Waals surface area (Å²) in [4.78, 5) is 18.4. The Bertz CT molecular complexity index is 428. The summed E-state index contributed by atoms with van der Waals surface area (Å²) in [7, 11) is 3.93. The van der Waals surface area contributed by atoms with E-state index in [-0.39, 0.29) is 5.91 Å². The van der Waals surface area contributed by atoms with Crippen LogP contribution in [0.2, 0.25) is 0 Å². The van der Waals surface area contributed by atoms with Crippen molar-refractivity contribution in [2.75, 3.05) is 26.0 Å². The van der Waals surface area contributed by atoms with Crippen LogP contribution in [-0.2, 0) is 0 Å². The van der Waals surface area contributed by atoms with E-state index in [2.05, 4.69) is 34.5 Å². The molecule has 19 heavy (non-hydrogen) atoms. The van der Waals surface area contributed by atoms with Crippen LogP contribution in [-0.4, -0.2) is 48.5 Å². The fraction of sp³-hybridized carbons (Fsp3) is 0.571. The minimum Gasteiger partial charge on any atom is -0.373 e. The molecule has 104 valence electrons. The van der Waals surface area contributed by atoms with Crippen LogP contribution >= 0.6 is 0 Å². The number of hydrogen-bond donors (Lipinski definition) is 2. The Morgan fingerprint density at radius 3 is 2.79 bits per heavy atom. The van der Waals surface area contributed by atoms with E-state index in [1.54, 1.807) is 25.4 Å². The molecule has 1 atom stereocenters. The zero-order valence-electron chi connectivity index (χ0n) is 11.8. The van der Waals surface area contributed by atoms with Crippen molar-refractivity contribution < 1.29 is 4.79 Å². The summed E-state index contributed by atoms with van der Waals surface area (Å²) in [5.74, 6) is 0.699. The molecule has 2 rings (SSSR count).